The van der Waals surface area contributed by atoms with Gasteiger partial charge in [-0.05, 0) is 122 Å². The van der Waals surface area contributed by atoms with Gasteiger partial charge in [0.15, 0.2) is 0 Å². The van der Waals surface area contributed by atoms with Crippen LogP contribution in [0.4, 0.5) is 0 Å². The Morgan fingerprint density at radius 3 is 1.96 bits per heavy atom. The van der Waals surface area contributed by atoms with E-state index in [1.807, 2.05) is 25.6 Å². The zero-order valence-electron chi connectivity index (χ0n) is 34.1. The number of allylic oxidation sites excluding steroid dienone is 5. The van der Waals surface area contributed by atoms with Crippen LogP contribution in [0.15, 0.2) is 84.0 Å². The first kappa shape index (κ1) is 43.6. The number of ether oxygens (including phenoxy) is 1. The minimum Gasteiger partial charge on any atom is -0.460 e. The molecule has 9 nitrogen and oxygen atoms in total. The number of aryl methyl sites for hydroxylation is 1. The Kier molecular flexibility index (Phi) is 20.8. The summed E-state index contributed by atoms with van der Waals surface area (Å²) >= 11 is 0. The fourth-order valence-corrected chi connectivity index (χ4v) is 6.48. The molecular formula is C44H69N7O2. The number of aromatic amines is 1. The van der Waals surface area contributed by atoms with Gasteiger partial charge in [-0.1, -0.05) is 67.0 Å². The molecule has 0 unspecified atom stereocenters. The molecule has 0 fully saturated rings. The lowest BCUT2D eigenvalue weighted by Crippen LogP contribution is -2.32. The van der Waals surface area contributed by atoms with Crippen LogP contribution in [0.1, 0.15) is 116 Å². The first-order valence-corrected chi connectivity index (χ1v) is 19.9. The minimum absolute atomic E-state index is 0.165. The number of aromatic nitrogens is 4. The molecule has 2 heterocycles. The molecule has 1 aromatic carbocycles. The summed E-state index contributed by atoms with van der Waals surface area (Å²) in [7, 11) is 2.03. The van der Waals surface area contributed by atoms with Crippen LogP contribution in [0, 0.1) is 0 Å². The van der Waals surface area contributed by atoms with Crippen LogP contribution in [0.25, 0.3) is 0 Å². The van der Waals surface area contributed by atoms with Gasteiger partial charge in [0, 0.05) is 44.9 Å². The Bertz CT molecular complexity index is 1510. The number of nitrogens with zero attached hydrogens (tertiary/aromatic N) is 6. The van der Waals surface area contributed by atoms with Gasteiger partial charge in [0.1, 0.15) is 18.3 Å². The maximum Gasteiger partial charge on any atom is 0.320 e. The number of rotatable bonds is 27. The summed E-state index contributed by atoms with van der Waals surface area (Å²) in [6, 6.07) is 8.82. The molecule has 53 heavy (non-hydrogen) atoms. The maximum atomic E-state index is 13.1. The number of esters is 1. The molecule has 0 spiro atoms. The standard InChI is InChI=1S/C44H69N7O2/c1-8-26-49(27-9-2)28-10-11-29-50(36-44(52)53-31-22-39(6)17-13-16-38(5)15-12-14-37(3)4)32-40-18-20-41(21-19-40)33-51(34-42-45-23-24-46-42)35-43-47-25-30-48(43)7/h14,16,18-25,30H,8-13,15,17,26-29,31-36H2,1-7H3,(H,45,46). The highest BCUT2D eigenvalue weighted by molar-refractivity contribution is 5.71. The van der Waals surface area contributed by atoms with Gasteiger partial charge in [0.25, 0.3) is 0 Å². The summed E-state index contributed by atoms with van der Waals surface area (Å²) < 4.78 is 7.81. The van der Waals surface area contributed by atoms with E-state index in [9.17, 15) is 4.79 Å². The molecule has 0 aliphatic rings. The monoisotopic (exact) mass is 728 g/mol. The lowest BCUT2D eigenvalue weighted by Gasteiger charge is -2.24. The number of hydrogen-bond donors (Lipinski definition) is 1. The van der Waals surface area contributed by atoms with E-state index in [0.717, 1.165) is 89.4 Å². The summed E-state index contributed by atoms with van der Waals surface area (Å²) in [6.45, 7) is 20.9. The summed E-state index contributed by atoms with van der Waals surface area (Å²) in [5, 5.41) is 0. The first-order chi connectivity index (χ1) is 25.6. The number of carbonyl (C=O) groups is 1. The number of nitrogens with one attached hydrogen (secondary N) is 1. The van der Waals surface area contributed by atoms with Crippen LogP contribution < -0.4 is 0 Å². The molecule has 3 aromatic rings. The van der Waals surface area contributed by atoms with E-state index < -0.39 is 0 Å². The maximum absolute atomic E-state index is 13.1. The van der Waals surface area contributed by atoms with Gasteiger partial charge in [-0.15, -0.1) is 0 Å². The third-order valence-electron chi connectivity index (χ3n) is 9.48. The van der Waals surface area contributed by atoms with Gasteiger partial charge in [-0.25, -0.2) is 9.97 Å². The normalized spacial score (nSPS) is 12.3. The fourth-order valence-electron chi connectivity index (χ4n) is 6.48. The Hall–Kier alpha value is -3.79. The van der Waals surface area contributed by atoms with E-state index in [1.165, 1.54) is 40.7 Å². The van der Waals surface area contributed by atoms with E-state index in [4.69, 9.17) is 4.74 Å². The zero-order valence-corrected chi connectivity index (χ0v) is 34.1. The number of unbranched alkanes of at least 4 members (excludes halogenated alkanes) is 1. The topological polar surface area (TPSA) is 82.5 Å². The average Bonchev–Trinajstić information content (AvgIpc) is 3.78. The lowest BCUT2D eigenvalue weighted by molar-refractivity contribution is -0.143. The molecule has 1 N–H and O–H groups in total. The summed E-state index contributed by atoms with van der Waals surface area (Å²) in [4.78, 5) is 32.5. The fraction of sp³-hybridized carbons (Fsp3) is 0.568. The molecule has 0 saturated carbocycles. The zero-order chi connectivity index (χ0) is 38.3. The second-order valence-electron chi connectivity index (χ2n) is 14.9. The Balaban J connectivity index is 1.57. The van der Waals surface area contributed by atoms with Crippen molar-refractivity contribution < 1.29 is 9.53 Å². The smallest absolute Gasteiger partial charge is 0.320 e. The molecule has 292 valence electrons. The van der Waals surface area contributed by atoms with Crippen LogP contribution in [0.5, 0.6) is 0 Å². The van der Waals surface area contributed by atoms with E-state index in [0.29, 0.717) is 19.7 Å². The molecule has 0 saturated heterocycles. The van der Waals surface area contributed by atoms with Gasteiger partial charge >= 0.3 is 5.97 Å². The second kappa shape index (κ2) is 25.3. The third-order valence-corrected chi connectivity index (χ3v) is 9.48. The van der Waals surface area contributed by atoms with Crippen LogP contribution in [0.2, 0.25) is 0 Å². The van der Waals surface area contributed by atoms with Crippen LogP contribution >= 0.6 is 0 Å². The van der Waals surface area contributed by atoms with Crippen LogP contribution in [0.3, 0.4) is 0 Å². The number of imidazole rings is 2. The average molecular weight is 728 g/mol. The molecule has 9 heteroatoms. The van der Waals surface area contributed by atoms with E-state index >= 15 is 0 Å². The highest BCUT2D eigenvalue weighted by Gasteiger charge is 2.15. The first-order valence-electron chi connectivity index (χ1n) is 19.9. The molecule has 0 bridgehead atoms. The molecule has 0 aliphatic heterocycles. The van der Waals surface area contributed by atoms with Crippen molar-refractivity contribution in [2.75, 3.05) is 39.3 Å². The molecule has 3 rings (SSSR count). The second-order valence-corrected chi connectivity index (χ2v) is 14.9. The van der Waals surface area contributed by atoms with Gasteiger partial charge in [-0.2, -0.15) is 0 Å². The predicted octanol–water partition coefficient (Wildman–Crippen LogP) is 9.01. The molecule has 2 aromatic heterocycles. The van der Waals surface area contributed by atoms with Crippen molar-refractivity contribution >= 4 is 5.97 Å². The number of carbonyl (C=O) groups excluding carboxylic acids is 1. The lowest BCUT2D eigenvalue weighted by atomic mass is 10.1. The van der Waals surface area contributed by atoms with Gasteiger partial charge < -0.3 is 19.2 Å². The SMILES string of the molecule is CCCN(CCC)CCCCN(CC(=O)OCC=C(C)CCC=C(C)CCC=C(C)C)Cc1ccc(CN(Cc2ncc[nH]2)Cc2nccn2C)cc1. The van der Waals surface area contributed by atoms with Crippen molar-refractivity contribution in [3.63, 3.8) is 0 Å². The number of hydrogen-bond acceptors (Lipinski definition) is 7. The van der Waals surface area contributed by atoms with Crippen molar-refractivity contribution in [1.82, 2.24) is 34.2 Å². The van der Waals surface area contributed by atoms with Crippen LogP contribution in [-0.2, 0) is 42.8 Å². The van der Waals surface area contributed by atoms with Crippen molar-refractivity contribution in [3.8, 4) is 0 Å². The molecule has 0 aliphatic carbocycles. The predicted molar refractivity (Wildman–Crippen MR) is 219 cm³/mol. The van der Waals surface area contributed by atoms with Crippen molar-refractivity contribution in [1.29, 1.82) is 0 Å². The summed E-state index contributed by atoms with van der Waals surface area (Å²) in [5.41, 5.74) is 6.50. The third kappa shape index (κ3) is 18.7. The van der Waals surface area contributed by atoms with Gasteiger partial charge in [0.05, 0.1) is 19.6 Å². The van der Waals surface area contributed by atoms with Crippen molar-refractivity contribution in [2.45, 2.75) is 119 Å². The molecule has 0 atom stereocenters. The van der Waals surface area contributed by atoms with E-state index in [-0.39, 0.29) is 12.5 Å². The Morgan fingerprint density at radius 1 is 0.755 bits per heavy atom. The van der Waals surface area contributed by atoms with Crippen molar-refractivity contribution in [2.24, 2.45) is 7.05 Å². The molecule has 0 radical (unpaired) electrons. The molecular weight excluding hydrogens is 659 g/mol. The number of benzene rings is 1. The van der Waals surface area contributed by atoms with E-state index in [1.54, 1.807) is 6.20 Å². The largest absolute Gasteiger partial charge is 0.460 e. The number of H-pyrrole nitrogens is 1. The van der Waals surface area contributed by atoms with E-state index in [2.05, 4.69) is 118 Å². The van der Waals surface area contributed by atoms with Gasteiger partial charge in [-0.3, -0.25) is 14.6 Å². The quantitative estimate of drug-likeness (QED) is 0.0477. The summed E-state index contributed by atoms with van der Waals surface area (Å²) in [5.74, 6) is 1.79. The Morgan fingerprint density at radius 2 is 1.38 bits per heavy atom. The summed E-state index contributed by atoms with van der Waals surface area (Å²) in [6.07, 6.45) is 22.9. The Labute approximate surface area is 321 Å². The highest BCUT2D eigenvalue weighted by atomic mass is 16.5. The van der Waals surface area contributed by atoms with Gasteiger partial charge in [0.2, 0.25) is 0 Å². The van der Waals surface area contributed by atoms with Crippen molar-refractivity contribution in [3.05, 3.63) is 107 Å². The minimum atomic E-state index is -0.165. The molecule has 0 amide bonds. The van der Waals surface area contributed by atoms with Crippen LogP contribution in [-0.4, -0.2) is 79.5 Å². The highest BCUT2D eigenvalue weighted by Crippen LogP contribution is 2.15.